The first-order chi connectivity index (χ1) is 21.5. The minimum absolute atomic E-state index is 0.0146. The Balaban J connectivity index is 1.45. The third-order valence-corrected chi connectivity index (χ3v) is 10.5. The number of benzene rings is 2. The van der Waals surface area contributed by atoms with Crippen molar-refractivity contribution in [2.75, 3.05) is 46.0 Å². The van der Waals surface area contributed by atoms with Gasteiger partial charge in [0, 0.05) is 50.1 Å². The van der Waals surface area contributed by atoms with Crippen molar-refractivity contribution in [3.63, 3.8) is 0 Å². The van der Waals surface area contributed by atoms with Gasteiger partial charge in [0.25, 0.3) is 5.19 Å². The Labute approximate surface area is 266 Å². The van der Waals surface area contributed by atoms with E-state index in [1.165, 1.54) is 36.2 Å². The highest BCUT2D eigenvalue weighted by molar-refractivity contribution is 7.16. The molecule has 1 heterocycles. The summed E-state index contributed by atoms with van der Waals surface area (Å²) in [6.07, 6.45) is 12.2. The van der Waals surface area contributed by atoms with Gasteiger partial charge in [-0.05, 0) is 86.8 Å². The van der Waals surface area contributed by atoms with E-state index in [9.17, 15) is 4.79 Å². The average Bonchev–Trinajstić information content (AvgIpc) is 3.56. The molecule has 2 saturated carbocycles. The number of nitrogens with zero attached hydrogens (tertiary/aromatic N) is 2. The summed E-state index contributed by atoms with van der Waals surface area (Å²) in [5.41, 5.74) is 4.33. The van der Waals surface area contributed by atoms with E-state index in [4.69, 9.17) is 18.9 Å². The van der Waals surface area contributed by atoms with Gasteiger partial charge in [0.05, 0.1) is 25.2 Å². The lowest BCUT2D eigenvalue weighted by atomic mass is 9.68. The fourth-order valence-corrected chi connectivity index (χ4v) is 7.76. The fourth-order valence-electron chi connectivity index (χ4n) is 7.04. The first-order valence-corrected chi connectivity index (χ1v) is 17.0. The predicted octanol–water partition coefficient (Wildman–Crippen LogP) is 7.98. The van der Waals surface area contributed by atoms with Crippen LogP contribution in [-0.2, 0) is 19.7 Å². The molecule has 44 heavy (non-hydrogen) atoms. The van der Waals surface area contributed by atoms with Gasteiger partial charge in [0.1, 0.15) is 5.75 Å². The Bertz CT molecular complexity index is 1360. The first kappa shape index (κ1) is 32.5. The molecule has 1 aromatic heterocycles. The molecule has 0 unspecified atom stereocenters. The molecule has 3 aromatic rings. The van der Waals surface area contributed by atoms with Gasteiger partial charge in [0.2, 0.25) is 5.91 Å². The van der Waals surface area contributed by atoms with Crippen LogP contribution >= 0.6 is 11.3 Å². The molecule has 0 saturated heterocycles. The lowest BCUT2D eigenvalue weighted by Gasteiger charge is -2.43. The highest BCUT2D eigenvalue weighted by Crippen LogP contribution is 2.43. The largest absolute Gasteiger partial charge is 0.496 e. The van der Waals surface area contributed by atoms with Crippen LogP contribution in [0.25, 0.3) is 10.4 Å². The van der Waals surface area contributed by atoms with E-state index in [0.717, 1.165) is 72.4 Å². The van der Waals surface area contributed by atoms with Crippen LogP contribution in [-0.4, -0.2) is 58.1 Å². The van der Waals surface area contributed by atoms with E-state index in [-0.39, 0.29) is 23.3 Å². The van der Waals surface area contributed by atoms with Crippen LogP contribution in [0.1, 0.15) is 75.3 Å². The first-order valence-electron chi connectivity index (χ1n) is 16.1. The number of anilines is 1. The topological polar surface area (TPSA) is 70.1 Å². The van der Waals surface area contributed by atoms with Crippen molar-refractivity contribution in [1.29, 1.82) is 0 Å². The summed E-state index contributed by atoms with van der Waals surface area (Å²) in [6.45, 7) is 4.21. The summed E-state index contributed by atoms with van der Waals surface area (Å²) >= 11 is 1.52. The minimum Gasteiger partial charge on any atom is -0.496 e. The van der Waals surface area contributed by atoms with E-state index in [1.807, 2.05) is 6.20 Å². The SMILES string of the molecule is COCCCO[C@H]1CC[C@H](C(=O)N(CC2(c3ccc(OC)c(C)c3)CCCCC2)c2cccc(-c3cnc(OC)s3)c2)CC1. The molecule has 0 N–H and O–H groups in total. The number of methoxy groups -OCH3 is 3. The molecule has 2 aliphatic carbocycles. The number of hydrogen-bond donors (Lipinski definition) is 0. The molecule has 5 rings (SSSR count). The standard InChI is InChI=1S/C36H48N2O5S/c1-26-22-29(14-17-32(26)41-3)36(18-6-5-7-19-36)25-38(30-11-8-10-28(23-30)33-24-37-35(42-4)44-33)34(39)27-12-15-31(16-13-27)43-21-9-20-40-2/h8,10-11,14,17,22-24,27,31H,5-7,9,12-13,15-16,18-21,25H2,1-4H3/t27-,31-. The quantitative estimate of drug-likeness (QED) is 0.181. The van der Waals surface area contributed by atoms with Gasteiger partial charge in [-0.25, -0.2) is 4.98 Å². The average molecular weight is 621 g/mol. The van der Waals surface area contributed by atoms with E-state index < -0.39 is 0 Å². The Kier molecular flexibility index (Phi) is 11.3. The summed E-state index contributed by atoms with van der Waals surface area (Å²) in [5.74, 6) is 1.12. The molecule has 0 radical (unpaired) electrons. The predicted molar refractivity (Wildman–Crippen MR) is 177 cm³/mol. The van der Waals surface area contributed by atoms with E-state index in [0.29, 0.717) is 25.0 Å². The molecule has 7 nitrogen and oxygen atoms in total. The van der Waals surface area contributed by atoms with Gasteiger partial charge in [-0.15, -0.1) is 0 Å². The van der Waals surface area contributed by atoms with Crippen LogP contribution in [0.2, 0.25) is 0 Å². The van der Waals surface area contributed by atoms with Gasteiger partial charge >= 0.3 is 0 Å². The van der Waals surface area contributed by atoms with Crippen molar-refractivity contribution in [3.05, 3.63) is 59.8 Å². The van der Waals surface area contributed by atoms with E-state index in [1.54, 1.807) is 21.3 Å². The molecule has 238 valence electrons. The number of carbonyl (C=O) groups is 1. The third-order valence-electron chi connectivity index (χ3n) is 9.52. The second kappa shape index (κ2) is 15.4. The molecule has 2 fully saturated rings. The molecule has 0 bridgehead atoms. The molecule has 8 heteroatoms. The highest BCUT2D eigenvalue weighted by Gasteiger charge is 2.40. The van der Waals surface area contributed by atoms with Gasteiger partial charge in [-0.2, -0.15) is 0 Å². The van der Waals surface area contributed by atoms with E-state index >= 15 is 0 Å². The van der Waals surface area contributed by atoms with Gasteiger partial charge in [-0.1, -0.05) is 54.9 Å². The normalized spacial score (nSPS) is 19.8. The molecule has 0 aliphatic heterocycles. The zero-order valence-electron chi connectivity index (χ0n) is 26.8. The Hall–Kier alpha value is -2.94. The van der Waals surface area contributed by atoms with Crippen molar-refractivity contribution in [1.82, 2.24) is 4.98 Å². The summed E-state index contributed by atoms with van der Waals surface area (Å²) in [7, 11) is 5.09. The Morgan fingerprint density at radius 3 is 2.45 bits per heavy atom. The van der Waals surface area contributed by atoms with Gasteiger partial charge < -0.3 is 23.8 Å². The van der Waals surface area contributed by atoms with Gasteiger partial charge in [-0.3, -0.25) is 4.79 Å². The molecule has 0 spiro atoms. The maximum atomic E-state index is 14.6. The van der Waals surface area contributed by atoms with Crippen molar-refractivity contribution < 1.29 is 23.7 Å². The van der Waals surface area contributed by atoms with Crippen molar-refractivity contribution >= 4 is 22.9 Å². The molecule has 0 atom stereocenters. The molecular weight excluding hydrogens is 572 g/mol. The second-order valence-electron chi connectivity index (χ2n) is 12.4. The van der Waals surface area contributed by atoms with Crippen molar-refractivity contribution in [2.24, 2.45) is 5.92 Å². The maximum absolute atomic E-state index is 14.6. The van der Waals surface area contributed by atoms with Crippen LogP contribution in [0.4, 0.5) is 5.69 Å². The fraction of sp³-hybridized carbons (Fsp3) is 0.556. The number of ether oxygens (including phenoxy) is 4. The third kappa shape index (κ3) is 7.64. The Morgan fingerprint density at radius 1 is 0.977 bits per heavy atom. The zero-order valence-corrected chi connectivity index (χ0v) is 27.6. The number of carbonyl (C=O) groups excluding carboxylic acids is 1. The summed E-state index contributed by atoms with van der Waals surface area (Å²) in [4.78, 5) is 22.2. The Morgan fingerprint density at radius 2 is 1.77 bits per heavy atom. The number of hydrogen-bond acceptors (Lipinski definition) is 7. The molecular formula is C36H48N2O5S. The van der Waals surface area contributed by atoms with E-state index in [2.05, 4.69) is 59.3 Å². The van der Waals surface area contributed by atoms with Crippen molar-refractivity contribution in [2.45, 2.75) is 82.7 Å². The molecule has 2 aliphatic rings. The van der Waals surface area contributed by atoms with Gasteiger partial charge in [0.15, 0.2) is 0 Å². The van der Waals surface area contributed by atoms with Crippen LogP contribution in [0, 0.1) is 12.8 Å². The number of amides is 1. The molecule has 2 aromatic carbocycles. The summed E-state index contributed by atoms with van der Waals surface area (Å²) < 4.78 is 22.3. The lowest BCUT2D eigenvalue weighted by molar-refractivity contribution is -0.124. The maximum Gasteiger partial charge on any atom is 0.273 e. The summed E-state index contributed by atoms with van der Waals surface area (Å²) in [5, 5.41) is 0.635. The molecule has 1 amide bonds. The highest BCUT2D eigenvalue weighted by atomic mass is 32.1. The smallest absolute Gasteiger partial charge is 0.273 e. The summed E-state index contributed by atoms with van der Waals surface area (Å²) in [6, 6.07) is 15.0. The van der Waals surface area contributed by atoms with Crippen LogP contribution in [0.3, 0.4) is 0 Å². The van der Waals surface area contributed by atoms with Crippen molar-refractivity contribution in [3.8, 4) is 21.4 Å². The number of thiazole rings is 1. The monoisotopic (exact) mass is 620 g/mol. The lowest BCUT2D eigenvalue weighted by Crippen LogP contribution is -2.48. The second-order valence-corrected chi connectivity index (χ2v) is 13.4. The zero-order chi connectivity index (χ0) is 30.9. The van der Waals surface area contributed by atoms with Crippen LogP contribution < -0.4 is 14.4 Å². The van der Waals surface area contributed by atoms with Crippen LogP contribution in [0.15, 0.2) is 48.7 Å². The number of aryl methyl sites for hydroxylation is 1. The minimum atomic E-state index is -0.115. The van der Waals surface area contributed by atoms with Crippen LogP contribution in [0.5, 0.6) is 10.9 Å². The number of aromatic nitrogens is 1. The number of rotatable bonds is 13.